The highest BCUT2D eigenvalue weighted by Crippen LogP contribution is 2.29. The number of nitrogens with zero attached hydrogens (tertiary/aromatic N) is 2. The van der Waals surface area contributed by atoms with Crippen molar-refractivity contribution in [3.63, 3.8) is 0 Å². The minimum absolute atomic E-state index is 0.0574. The summed E-state index contributed by atoms with van der Waals surface area (Å²) in [6.45, 7) is 8.91. The molecule has 1 N–H and O–H groups in total. The Bertz CT molecular complexity index is 1410. The molecule has 0 radical (unpaired) electrons. The van der Waals surface area contributed by atoms with Crippen LogP contribution in [0.4, 0.5) is 5.69 Å². The highest BCUT2D eigenvalue weighted by atomic mass is 35.5. The predicted octanol–water partition coefficient (Wildman–Crippen LogP) is 5.48. The van der Waals surface area contributed by atoms with Gasteiger partial charge in [-0.2, -0.15) is 0 Å². The van der Waals surface area contributed by atoms with Gasteiger partial charge in [-0.15, -0.1) is 0 Å². The molecule has 3 aromatic carbocycles. The summed E-state index contributed by atoms with van der Waals surface area (Å²) in [5.41, 5.74) is 2.81. The van der Waals surface area contributed by atoms with Crippen LogP contribution in [0.2, 0.25) is 5.02 Å². The molecule has 0 saturated carbocycles. The van der Waals surface area contributed by atoms with Gasteiger partial charge in [0, 0.05) is 17.6 Å². The molecule has 0 spiro atoms. The molecule has 0 bridgehead atoms. The van der Waals surface area contributed by atoms with Gasteiger partial charge in [0.15, 0.2) is 0 Å². The van der Waals surface area contributed by atoms with E-state index in [0.29, 0.717) is 22.7 Å². The predicted molar refractivity (Wildman–Crippen MR) is 156 cm³/mol. The van der Waals surface area contributed by atoms with E-state index in [4.69, 9.17) is 11.6 Å². The van der Waals surface area contributed by atoms with Gasteiger partial charge in [-0.1, -0.05) is 66.6 Å². The summed E-state index contributed by atoms with van der Waals surface area (Å²) in [6.07, 6.45) is 0.363. The zero-order valence-corrected chi connectivity index (χ0v) is 24.6. The summed E-state index contributed by atoms with van der Waals surface area (Å²) < 4.78 is 28.9. The third-order valence-corrected chi connectivity index (χ3v) is 8.30. The highest BCUT2D eigenvalue weighted by Gasteiger charge is 2.34. The molecule has 0 aromatic heterocycles. The van der Waals surface area contributed by atoms with E-state index in [2.05, 4.69) is 5.32 Å². The summed E-state index contributed by atoms with van der Waals surface area (Å²) in [4.78, 5) is 28.8. The van der Waals surface area contributed by atoms with Gasteiger partial charge in [0.2, 0.25) is 11.8 Å². The third kappa shape index (κ3) is 7.61. The Morgan fingerprint density at radius 1 is 0.949 bits per heavy atom. The number of amides is 2. The second-order valence-electron chi connectivity index (χ2n) is 9.85. The highest BCUT2D eigenvalue weighted by molar-refractivity contribution is 7.92. The zero-order valence-electron chi connectivity index (χ0n) is 23.0. The summed E-state index contributed by atoms with van der Waals surface area (Å²) in [6, 6.07) is 19.6. The summed E-state index contributed by atoms with van der Waals surface area (Å²) in [5, 5.41) is 3.36. The molecule has 0 saturated heterocycles. The molecule has 0 unspecified atom stereocenters. The summed E-state index contributed by atoms with van der Waals surface area (Å²) in [7, 11) is -4.13. The first kappa shape index (κ1) is 30.2. The number of carbonyl (C=O) groups is 2. The van der Waals surface area contributed by atoms with E-state index in [0.717, 1.165) is 15.4 Å². The maximum atomic E-state index is 14.1. The molecule has 0 fully saturated rings. The van der Waals surface area contributed by atoms with Crippen LogP contribution in [-0.4, -0.2) is 43.8 Å². The SMILES string of the molecule is CC[C@@H](C(=O)NC(C)C)N(Cc1cccc(C)c1)C(=O)CN(c1ccc(Cl)cc1C)S(=O)(=O)c1ccccc1. The van der Waals surface area contributed by atoms with Crippen LogP contribution in [0.25, 0.3) is 0 Å². The third-order valence-electron chi connectivity index (χ3n) is 6.29. The monoisotopic (exact) mass is 569 g/mol. The van der Waals surface area contributed by atoms with Crippen LogP contribution in [0, 0.1) is 13.8 Å². The Morgan fingerprint density at radius 2 is 1.64 bits per heavy atom. The molecular formula is C30H36ClN3O4S. The van der Waals surface area contributed by atoms with Crippen molar-refractivity contribution < 1.29 is 18.0 Å². The fraction of sp³-hybridized carbons (Fsp3) is 0.333. The average Bonchev–Trinajstić information content (AvgIpc) is 2.87. The van der Waals surface area contributed by atoms with Gasteiger partial charge in [-0.3, -0.25) is 13.9 Å². The number of nitrogens with one attached hydrogen (secondary N) is 1. The van der Waals surface area contributed by atoms with Crippen molar-refractivity contribution in [1.29, 1.82) is 0 Å². The number of anilines is 1. The average molecular weight is 570 g/mol. The van der Waals surface area contributed by atoms with Crippen LogP contribution in [0.5, 0.6) is 0 Å². The standard InChI is InChI=1S/C30H36ClN3O4S/c1-6-27(30(36)32-21(2)3)33(19-24-12-10-11-22(4)17-24)29(35)20-34(28-16-15-25(31)18-23(28)5)39(37,38)26-13-8-7-9-14-26/h7-18,21,27H,6,19-20H2,1-5H3,(H,32,36)/t27-/m0/s1. The Labute approximate surface area is 236 Å². The Morgan fingerprint density at radius 3 is 2.23 bits per heavy atom. The largest absolute Gasteiger partial charge is 0.352 e. The van der Waals surface area contributed by atoms with Crippen LogP contribution in [-0.2, 0) is 26.2 Å². The molecule has 2 amide bonds. The molecular weight excluding hydrogens is 534 g/mol. The number of rotatable bonds is 11. The van der Waals surface area contributed by atoms with E-state index in [9.17, 15) is 18.0 Å². The normalized spacial score (nSPS) is 12.2. The van der Waals surface area contributed by atoms with Crippen molar-refractivity contribution in [2.24, 2.45) is 0 Å². The van der Waals surface area contributed by atoms with Crippen molar-refractivity contribution >= 4 is 39.1 Å². The van der Waals surface area contributed by atoms with Gasteiger partial charge in [-0.05, 0) is 75.6 Å². The summed E-state index contributed by atoms with van der Waals surface area (Å²) in [5.74, 6) is -0.773. The maximum Gasteiger partial charge on any atom is 0.264 e. The molecule has 208 valence electrons. The summed E-state index contributed by atoms with van der Waals surface area (Å²) >= 11 is 6.16. The molecule has 0 heterocycles. The lowest BCUT2D eigenvalue weighted by Gasteiger charge is -2.34. The molecule has 3 rings (SSSR count). The molecule has 1 atom stereocenters. The number of hydrogen-bond donors (Lipinski definition) is 1. The second kappa shape index (κ2) is 13.1. The molecule has 9 heteroatoms. The number of hydrogen-bond acceptors (Lipinski definition) is 4. The quantitative estimate of drug-likeness (QED) is 0.331. The first-order chi connectivity index (χ1) is 18.4. The fourth-order valence-corrected chi connectivity index (χ4v) is 6.17. The fourth-order valence-electron chi connectivity index (χ4n) is 4.44. The van der Waals surface area contributed by atoms with E-state index in [1.165, 1.54) is 17.0 Å². The van der Waals surface area contributed by atoms with Crippen molar-refractivity contribution in [3.8, 4) is 0 Å². The zero-order chi connectivity index (χ0) is 28.7. The molecule has 0 aliphatic heterocycles. The smallest absolute Gasteiger partial charge is 0.264 e. The van der Waals surface area contributed by atoms with Gasteiger partial charge in [0.25, 0.3) is 10.0 Å². The van der Waals surface area contributed by atoms with Gasteiger partial charge in [0.05, 0.1) is 10.6 Å². The van der Waals surface area contributed by atoms with Crippen LogP contribution in [0.1, 0.15) is 43.9 Å². The molecule has 39 heavy (non-hydrogen) atoms. The Kier molecular flexibility index (Phi) is 10.2. The van der Waals surface area contributed by atoms with E-state index in [1.54, 1.807) is 43.3 Å². The molecule has 0 aliphatic rings. The Balaban J connectivity index is 2.09. The number of aryl methyl sites for hydroxylation is 2. The van der Waals surface area contributed by atoms with Gasteiger partial charge in [0.1, 0.15) is 12.6 Å². The van der Waals surface area contributed by atoms with E-state index in [-0.39, 0.29) is 23.4 Å². The topological polar surface area (TPSA) is 86.8 Å². The van der Waals surface area contributed by atoms with E-state index in [1.807, 2.05) is 52.0 Å². The van der Waals surface area contributed by atoms with Crippen LogP contribution in [0.15, 0.2) is 77.7 Å². The van der Waals surface area contributed by atoms with Crippen molar-refractivity contribution in [2.45, 2.75) is 64.6 Å². The first-order valence-corrected chi connectivity index (χ1v) is 14.7. The van der Waals surface area contributed by atoms with Gasteiger partial charge < -0.3 is 10.2 Å². The lowest BCUT2D eigenvalue weighted by molar-refractivity contribution is -0.140. The van der Waals surface area contributed by atoms with Crippen molar-refractivity contribution in [2.75, 3.05) is 10.8 Å². The van der Waals surface area contributed by atoms with Crippen LogP contribution < -0.4 is 9.62 Å². The number of sulfonamides is 1. The van der Waals surface area contributed by atoms with Crippen LogP contribution in [0.3, 0.4) is 0 Å². The van der Waals surface area contributed by atoms with Crippen LogP contribution >= 0.6 is 11.6 Å². The molecule has 0 aliphatic carbocycles. The van der Waals surface area contributed by atoms with E-state index < -0.39 is 28.5 Å². The van der Waals surface area contributed by atoms with Gasteiger partial charge >= 0.3 is 0 Å². The van der Waals surface area contributed by atoms with Crippen molar-refractivity contribution in [1.82, 2.24) is 10.2 Å². The second-order valence-corrected chi connectivity index (χ2v) is 12.2. The minimum Gasteiger partial charge on any atom is -0.352 e. The van der Waals surface area contributed by atoms with Crippen molar-refractivity contribution in [3.05, 3.63) is 94.5 Å². The minimum atomic E-state index is -4.13. The number of carbonyl (C=O) groups excluding carboxylic acids is 2. The lowest BCUT2D eigenvalue weighted by atomic mass is 10.1. The number of benzene rings is 3. The first-order valence-electron chi connectivity index (χ1n) is 12.9. The number of halogens is 1. The molecule has 7 nitrogen and oxygen atoms in total. The van der Waals surface area contributed by atoms with Gasteiger partial charge in [-0.25, -0.2) is 8.42 Å². The van der Waals surface area contributed by atoms with E-state index >= 15 is 0 Å². The Hall–Kier alpha value is -3.36. The maximum absolute atomic E-state index is 14.1. The lowest BCUT2D eigenvalue weighted by Crippen LogP contribution is -2.53. The molecule has 3 aromatic rings.